The van der Waals surface area contributed by atoms with Gasteiger partial charge in [0.25, 0.3) is 10.0 Å². The Morgan fingerprint density at radius 2 is 2.00 bits per heavy atom. The molecular formula is C12H22ClN3O2S. The SMILES string of the molecule is CCC(CC)C(Cl)CNS(=O)(=O)c1cn(C)c(C)n1. The predicted octanol–water partition coefficient (Wildman–Crippen LogP) is 2.05. The van der Waals surface area contributed by atoms with Gasteiger partial charge >= 0.3 is 0 Å². The van der Waals surface area contributed by atoms with Gasteiger partial charge in [0.05, 0.1) is 0 Å². The lowest BCUT2D eigenvalue weighted by molar-refractivity contribution is 0.460. The maximum atomic E-state index is 12.1. The summed E-state index contributed by atoms with van der Waals surface area (Å²) in [7, 11) is -1.81. The molecule has 1 rings (SSSR count). The lowest BCUT2D eigenvalue weighted by Crippen LogP contribution is -2.33. The maximum absolute atomic E-state index is 12.1. The highest BCUT2D eigenvalue weighted by Crippen LogP contribution is 2.18. The Balaban J connectivity index is 2.71. The smallest absolute Gasteiger partial charge is 0.259 e. The fraction of sp³-hybridized carbons (Fsp3) is 0.750. The summed E-state index contributed by atoms with van der Waals surface area (Å²) in [5.41, 5.74) is 0. The van der Waals surface area contributed by atoms with Gasteiger partial charge < -0.3 is 4.57 Å². The molecule has 1 aromatic rings. The third-order valence-corrected chi connectivity index (χ3v) is 5.20. The number of sulfonamides is 1. The van der Waals surface area contributed by atoms with E-state index in [-0.39, 0.29) is 16.9 Å². The van der Waals surface area contributed by atoms with Gasteiger partial charge in [-0.1, -0.05) is 26.7 Å². The van der Waals surface area contributed by atoms with Crippen LogP contribution in [0.3, 0.4) is 0 Å². The summed E-state index contributed by atoms with van der Waals surface area (Å²) in [6, 6.07) is 0. The van der Waals surface area contributed by atoms with E-state index in [1.54, 1.807) is 18.5 Å². The largest absolute Gasteiger partial charge is 0.337 e. The minimum Gasteiger partial charge on any atom is -0.337 e. The molecule has 110 valence electrons. The Morgan fingerprint density at radius 3 is 2.42 bits per heavy atom. The minimum absolute atomic E-state index is 0.0425. The first kappa shape index (κ1) is 16.5. The first-order valence-corrected chi connectivity index (χ1v) is 8.37. The van der Waals surface area contributed by atoms with Crippen molar-refractivity contribution in [1.29, 1.82) is 0 Å². The average Bonchev–Trinajstić information content (AvgIpc) is 2.70. The second-order valence-corrected chi connectivity index (χ2v) is 6.96. The Morgan fingerprint density at radius 1 is 1.42 bits per heavy atom. The van der Waals surface area contributed by atoms with E-state index in [9.17, 15) is 8.42 Å². The number of nitrogens with one attached hydrogen (secondary N) is 1. The van der Waals surface area contributed by atoms with Gasteiger partial charge in [-0.25, -0.2) is 18.1 Å². The van der Waals surface area contributed by atoms with Crippen LogP contribution in [0.15, 0.2) is 11.2 Å². The normalized spacial score (nSPS) is 14.0. The fourth-order valence-electron chi connectivity index (χ4n) is 1.89. The minimum atomic E-state index is -3.57. The van der Waals surface area contributed by atoms with Crippen LogP contribution in [0.5, 0.6) is 0 Å². The van der Waals surface area contributed by atoms with Crippen LogP contribution in [-0.4, -0.2) is 29.9 Å². The molecule has 0 aromatic carbocycles. The van der Waals surface area contributed by atoms with Crippen molar-refractivity contribution in [1.82, 2.24) is 14.3 Å². The Bertz CT molecular complexity index is 490. The zero-order valence-electron chi connectivity index (χ0n) is 11.9. The highest BCUT2D eigenvalue weighted by atomic mass is 35.5. The molecule has 1 heterocycles. The third-order valence-electron chi connectivity index (χ3n) is 3.39. The van der Waals surface area contributed by atoms with E-state index in [0.717, 1.165) is 12.8 Å². The molecule has 0 spiro atoms. The first-order chi connectivity index (χ1) is 8.81. The summed E-state index contributed by atoms with van der Waals surface area (Å²) in [6.45, 7) is 6.10. The number of aryl methyl sites for hydroxylation is 2. The summed E-state index contributed by atoms with van der Waals surface area (Å²) in [5.74, 6) is 0.970. The number of imidazole rings is 1. The van der Waals surface area contributed by atoms with E-state index >= 15 is 0 Å². The summed E-state index contributed by atoms with van der Waals surface area (Å²) >= 11 is 6.22. The van der Waals surface area contributed by atoms with Crippen molar-refractivity contribution < 1.29 is 8.42 Å². The molecule has 0 fully saturated rings. The molecule has 0 aliphatic carbocycles. The number of hydrogen-bond donors (Lipinski definition) is 1. The molecule has 0 aliphatic heterocycles. The van der Waals surface area contributed by atoms with Gasteiger partial charge in [-0.05, 0) is 12.8 Å². The van der Waals surface area contributed by atoms with Crippen molar-refractivity contribution in [3.05, 3.63) is 12.0 Å². The lowest BCUT2D eigenvalue weighted by atomic mass is 9.99. The van der Waals surface area contributed by atoms with E-state index in [1.165, 1.54) is 6.20 Å². The number of aromatic nitrogens is 2. The molecule has 0 amide bonds. The second-order valence-electron chi connectivity index (χ2n) is 4.68. The Kier molecular flexibility index (Phi) is 5.82. The molecule has 5 nitrogen and oxygen atoms in total. The van der Waals surface area contributed by atoms with Crippen molar-refractivity contribution in [3.63, 3.8) is 0 Å². The van der Waals surface area contributed by atoms with Crippen molar-refractivity contribution in [2.75, 3.05) is 6.54 Å². The summed E-state index contributed by atoms with van der Waals surface area (Å²) < 4.78 is 28.3. The number of alkyl halides is 1. The topological polar surface area (TPSA) is 64.0 Å². The second kappa shape index (κ2) is 6.72. The van der Waals surface area contributed by atoms with E-state index < -0.39 is 10.0 Å². The van der Waals surface area contributed by atoms with Crippen molar-refractivity contribution in [3.8, 4) is 0 Å². The Hall–Kier alpha value is -0.590. The van der Waals surface area contributed by atoms with Crippen LogP contribution in [0.2, 0.25) is 0 Å². The van der Waals surface area contributed by atoms with Crippen LogP contribution in [0, 0.1) is 12.8 Å². The first-order valence-electron chi connectivity index (χ1n) is 6.45. The highest BCUT2D eigenvalue weighted by molar-refractivity contribution is 7.89. The molecule has 1 aromatic heterocycles. The van der Waals surface area contributed by atoms with E-state index in [1.807, 2.05) is 0 Å². The molecular weight excluding hydrogens is 286 g/mol. The maximum Gasteiger partial charge on any atom is 0.259 e. The fourth-order valence-corrected chi connectivity index (χ4v) is 3.51. The summed E-state index contributed by atoms with van der Waals surface area (Å²) in [5, 5.41) is -0.157. The van der Waals surface area contributed by atoms with Gasteiger partial charge in [0, 0.05) is 25.2 Å². The number of halogens is 1. The molecule has 1 unspecified atom stereocenters. The zero-order valence-corrected chi connectivity index (χ0v) is 13.4. The van der Waals surface area contributed by atoms with Crippen LogP contribution in [0.25, 0.3) is 0 Å². The van der Waals surface area contributed by atoms with Crippen molar-refractivity contribution in [2.45, 2.75) is 44.0 Å². The van der Waals surface area contributed by atoms with Gasteiger partial charge in [-0.3, -0.25) is 0 Å². The number of nitrogens with zero attached hydrogens (tertiary/aromatic N) is 2. The van der Waals surface area contributed by atoms with Crippen LogP contribution in [0.4, 0.5) is 0 Å². The average molecular weight is 308 g/mol. The molecule has 0 aliphatic rings. The summed E-state index contributed by atoms with van der Waals surface area (Å²) in [6.07, 6.45) is 3.38. The van der Waals surface area contributed by atoms with Crippen LogP contribution >= 0.6 is 11.6 Å². The van der Waals surface area contributed by atoms with Crippen LogP contribution in [0.1, 0.15) is 32.5 Å². The molecule has 19 heavy (non-hydrogen) atoms. The predicted molar refractivity (Wildman–Crippen MR) is 76.8 cm³/mol. The quantitative estimate of drug-likeness (QED) is 0.784. The van der Waals surface area contributed by atoms with Gasteiger partial charge in [0.15, 0.2) is 5.03 Å². The molecule has 0 bridgehead atoms. The third kappa shape index (κ3) is 4.19. The lowest BCUT2D eigenvalue weighted by Gasteiger charge is -2.19. The van der Waals surface area contributed by atoms with Gasteiger partial charge in [0.1, 0.15) is 5.82 Å². The van der Waals surface area contributed by atoms with Crippen molar-refractivity contribution in [2.24, 2.45) is 13.0 Å². The van der Waals surface area contributed by atoms with Crippen LogP contribution in [-0.2, 0) is 17.1 Å². The van der Waals surface area contributed by atoms with Gasteiger partial charge in [0.2, 0.25) is 0 Å². The molecule has 1 N–H and O–H groups in total. The van der Waals surface area contributed by atoms with Gasteiger partial charge in [-0.2, -0.15) is 0 Å². The van der Waals surface area contributed by atoms with Crippen LogP contribution < -0.4 is 4.72 Å². The van der Waals surface area contributed by atoms with E-state index in [2.05, 4.69) is 23.6 Å². The number of hydrogen-bond acceptors (Lipinski definition) is 3. The molecule has 1 atom stereocenters. The van der Waals surface area contributed by atoms with Gasteiger partial charge in [-0.15, -0.1) is 11.6 Å². The monoisotopic (exact) mass is 307 g/mol. The van der Waals surface area contributed by atoms with E-state index in [4.69, 9.17) is 11.6 Å². The highest BCUT2D eigenvalue weighted by Gasteiger charge is 2.22. The summed E-state index contributed by atoms with van der Waals surface area (Å²) in [4.78, 5) is 4.01. The molecule has 0 saturated heterocycles. The van der Waals surface area contributed by atoms with Crippen molar-refractivity contribution >= 4 is 21.6 Å². The standard InChI is InChI=1S/C12H22ClN3O2S/c1-5-10(6-2)11(13)7-14-19(17,18)12-8-16(4)9(3)15-12/h8,10-11,14H,5-7H2,1-4H3. The number of rotatable bonds is 7. The molecule has 0 saturated carbocycles. The Labute approximate surface area is 120 Å². The zero-order chi connectivity index (χ0) is 14.6. The van der Waals surface area contributed by atoms with E-state index in [0.29, 0.717) is 11.7 Å². The molecule has 0 radical (unpaired) electrons. The molecule has 7 heteroatoms.